The molecule has 1 atom stereocenters. The molecule has 2 heterocycles. The lowest BCUT2D eigenvalue weighted by Crippen LogP contribution is -2.46. The molecule has 0 saturated carbocycles. The Morgan fingerprint density at radius 1 is 1.05 bits per heavy atom. The molecule has 1 aromatic rings. The van der Waals surface area contributed by atoms with Gasteiger partial charge in [-0.1, -0.05) is 6.07 Å². The van der Waals surface area contributed by atoms with Crippen LogP contribution in [0.2, 0.25) is 0 Å². The summed E-state index contributed by atoms with van der Waals surface area (Å²) < 4.78 is 16.5. The van der Waals surface area contributed by atoms with E-state index in [4.69, 9.17) is 14.2 Å². The monoisotopic (exact) mass is 264 g/mol. The molecule has 0 radical (unpaired) electrons. The minimum atomic E-state index is 0.244. The van der Waals surface area contributed by atoms with Gasteiger partial charge in [0.2, 0.25) is 0 Å². The van der Waals surface area contributed by atoms with Crippen LogP contribution < -0.4 is 14.9 Å². The largest absolute Gasteiger partial charge is 0.486 e. The summed E-state index contributed by atoms with van der Waals surface area (Å²) in [5.74, 6) is 1.69. The highest BCUT2D eigenvalue weighted by atomic mass is 16.6. The number of hydrazine groups is 1. The molecule has 2 aliphatic rings. The number of nitrogens with zero attached hydrogens (tertiary/aromatic N) is 1. The predicted molar refractivity (Wildman–Crippen MR) is 71.4 cm³/mol. The fourth-order valence-electron chi connectivity index (χ4n) is 2.37. The minimum absolute atomic E-state index is 0.244. The molecule has 104 valence electrons. The molecule has 5 nitrogen and oxygen atoms in total. The normalized spacial score (nSPS) is 21.1. The predicted octanol–water partition coefficient (Wildman–Crippen LogP) is 1.36. The lowest BCUT2D eigenvalue weighted by Gasteiger charge is -2.30. The number of rotatable bonds is 3. The summed E-state index contributed by atoms with van der Waals surface area (Å²) >= 11 is 0. The summed E-state index contributed by atoms with van der Waals surface area (Å²) in [7, 11) is 0. The van der Waals surface area contributed by atoms with E-state index in [1.807, 2.05) is 6.07 Å². The third-order valence-corrected chi connectivity index (χ3v) is 3.45. The molecule has 1 unspecified atom stereocenters. The second kappa shape index (κ2) is 5.77. The Morgan fingerprint density at radius 3 is 2.58 bits per heavy atom. The van der Waals surface area contributed by atoms with Gasteiger partial charge in [-0.05, 0) is 24.6 Å². The van der Waals surface area contributed by atoms with Crippen molar-refractivity contribution in [2.45, 2.75) is 13.0 Å². The fourth-order valence-corrected chi connectivity index (χ4v) is 2.37. The van der Waals surface area contributed by atoms with Crippen LogP contribution in [0.4, 0.5) is 0 Å². The van der Waals surface area contributed by atoms with Crippen molar-refractivity contribution in [1.29, 1.82) is 0 Å². The SMILES string of the molecule is CC(NN1CCOCC1)c1ccc2c(c1)OCCO2. The lowest BCUT2D eigenvalue weighted by atomic mass is 10.1. The van der Waals surface area contributed by atoms with Gasteiger partial charge in [0.1, 0.15) is 13.2 Å². The number of benzene rings is 1. The number of ether oxygens (including phenoxy) is 3. The van der Waals surface area contributed by atoms with Crippen LogP contribution >= 0.6 is 0 Å². The van der Waals surface area contributed by atoms with Gasteiger partial charge in [0, 0.05) is 19.1 Å². The summed E-state index contributed by atoms with van der Waals surface area (Å²) in [6.45, 7) is 6.85. The van der Waals surface area contributed by atoms with Gasteiger partial charge in [0.25, 0.3) is 0 Å². The van der Waals surface area contributed by atoms with E-state index < -0.39 is 0 Å². The number of fused-ring (bicyclic) bond motifs is 1. The topological polar surface area (TPSA) is 43.0 Å². The highest BCUT2D eigenvalue weighted by Crippen LogP contribution is 2.32. The molecule has 0 amide bonds. The van der Waals surface area contributed by atoms with Crippen LogP contribution in [-0.4, -0.2) is 44.5 Å². The van der Waals surface area contributed by atoms with Gasteiger partial charge in [0.05, 0.1) is 13.2 Å². The Bertz CT molecular complexity index is 433. The molecule has 3 rings (SSSR count). The molecule has 0 aliphatic carbocycles. The van der Waals surface area contributed by atoms with E-state index in [1.54, 1.807) is 0 Å². The van der Waals surface area contributed by atoms with Crippen molar-refractivity contribution in [3.05, 3.63) is 23.8 Å². The van der Waals surface area contributed by atoms with E-state index in [2.05, 4.69) is 29.5 Å². The second-order valence-corrected chi connectivity index (χ2v) is 4.85. The van der Waals surface area contributed by atoms with Crippen LogP contribution in [0.1, 0.15) is 18.5 Å². The van der Waals surface area contributed by atoms with Crippen LogP contribution in [-0.2, 0) is 4.74 Å². The zero-order valence-electron chi connectivity index (χ0n) is 11.2. The summed E-state index contributed by atoms with van der Waals surface area (Å²) in [6, 6.07) is 6.38. The van der Waals surface area contributed by atoms with E-state index in [-0.39, 0.29) is 6.04 Å². The standard InChI is InChI=1S/C14H20N2O3/c1-11(15-16-4-6-17-7-5-16)12-2-3-13-14(10-12)19-9-8-18-13/h2-3,10-11,15H,4-9H2,1H3. The molecule has 19 heavy (non-hydrogen) atoms. The highest BCUT2D eigenvalue weighted by molar-refractivity contribution is 5.44. The molecular formula is C14H20N2O3. The molecule has 0 bridgehead atoms. The van der Waals surface area contributed by atoms with E-state index in [9.17, 15) is 0 Å². The van der Waals surface area contributed by atoms with Crippen molar-refractivity contribution in [2.75, 3.05) is 39.5 Å². The van der Waals surface area contributed by atoms with Crippen molar-refractivity contribution >= 4 is 0 Å². The Balaban J connectivity index is 1.67. The Kier molecular flexibility index (Phi) is 3.87. The number of nitrogens with one attached hydrogen (secondary N) is 1. The Hall–Kier alpha value is -1.30. The van der Waals surface area contributed by atoms with Crippen molar-refractivity contribution in [1.82, 2.24) is 10.4 Å². The van der Waals surface area contributed by atoms with E-state index in [0.717, 1.165) is 37.8 Å². The number of hydrogen-bond donors (Lipinski definition) is 1. The maximum absolute atomic E-state index is 5.62. The third-order valence-electron chi connectivity index (χ3n) is 3.45. The van der Waals surface area contributed by atoms with Crippen molar-refractivity contribution in [3.8, 4) is 11.5 Å². The second-order valence-electron chi connectivity index (χ2n) is 4.85. The van der Waals surface area contributed by atoms with Gasteiger partial charge in [-0.15, -0.1) is 0 Å². The minimum Gasteiger partial charge on any atom is -0.486 e. The molecule has 0 aromatic heterocycles. The third kappa shape index (κ3) is 3.00. The van der Waals surface area contributed by atoms with Crippen LogP contribution in [0.3, 0.4) is 0 Å². The van der Waals surface area contributed by atoms with Gasteiger partial charge in [-0.3, -0.25) is 0 Å². The van der Waals surface area contributed by atoms with E-state index in [0.29, 0.717) is 13.2 Å². The van der Waals surface area contributed by atoms with Gasteiger partial charge in [-0.2, -0.15) is 0 Å². The fraction of sp³-hybridized carbons (Fsp3) is 0.571. The first-order valence-corrected chi connectivity index (χ1v) is 6.81. The highest BCUT2D eigenvalue weighted by Gasteiger charge is 2.17. The van der Waals surface area contributed by atoms with Crippen LogP contribution in [0.15, 0.2) is 18.2 Å². The first-order valence-electron chi connectivity index (χ1n) is 6.81. The summed E-state index contributed by atoms with van der Waals surface area (Å²) in [4.78, 5) is 0. The quantitative estimate of drug-likeness (QED) is 0.893. The molecule has 1 saturated heterocycles. The zero-order chi connectivity index (χ0) is 13.1. The van der Waals surface area contributed by atoms with Crippen molar-refractivity contribution < 1.29 is 14.2 Å². The zero-order valence-corrected chi connectivity index (χ0v) is 11.2. The van der Waals surface area contributed by atoms with E-state index >= 15 is 0 Å². The van der Waals surface area contributed by atoms with Gasteiger partial charge >= 0.3 is 0 Å². The maximum atomic E-state index is 5.62. The Labute approximate surface area is 113 Å². The van der Waals surface area contributed by atoms with Gasteiger partial charge < -0.3 is 14.2 Å². The number of hydrogen-bond acceptors (Lipinski definition) is 5. The molecule has 0 spiro atoms. The van der Waals surface area contributed by atoms with Crippen LogP contribution in [0.25, 0.3) is 0 Å². The molecule has 2 aliphatic heterocycles. The molecular weight excluding hydrogens is 244 g/mol. The Morgan fingerprint density at radius 2 is 1.79 bits per heavy atom. The first-order chi connectivity index (χ1) is 9.33. The van der Waals surface area contributed by atoms with E-state index in [1.165, 1.54) is 5.56 Å². The summed E-state index contributed by atoms with van der Waals surface area (Å²) in [6.07, 6.45) is 0. The van der Waals surface area contributed by atoms with Gasteiger partial charge in [-0.25, -0.2) is 10.4 Å². The average Bonchev–Trinajstić information content (AvgIpc) is 2.48. The van der Waals surface area contributed by atoms with Crippen molar-refractivity contribution in [2.24, 2.45) is 0 Å². The smallest absolute Gasteiger partial charge is 0.161 e. The lowest BCUT2D eigenvalue weighted by molar-refractivity contribution is 0.00481. The molecule has 5 heteroatoms. The average molecular weight is 264 g/mol. The summed E-state index contributed by atoms with van der Waals surface area (Å²) in [5.41, 5.74) is 4.70. The van der Waals surface area contributed by atoms with Crippen LogP contribution in [0.5, 0.6) is 11.5 Å². The molecule has 1 fully saturated rings. The summed E-state index contributed by atoms with van der Waals surface area (Å²) in [5, 5.41) is 2.21. The molecule has 1 aromatic carbocycles. The van der Waals surface area contributed by atoms with Crippen molar-refractivity contribution in [3.63, 3.8) is 0 Å². The maximum Gasteiger partial charge on any atom is 0.161 e. The first kappa shape index (κ1) is 12.7. The number of morpholine rings is 1. The van der Waals surface area contributed by atoms with Gasteiger partial charge in [0.15, 0.2) is 11.5 Å². The van der Waals surface area contributed by atoms with Crippen LogP contribution in [0, 0.1) is 0 Å². The molecule has 1 N–H and O–H groups in total.